The first kappa shape index (κ1) is 38.9. The van der Waals surface area contributed by atoms with Crippen LogP contribution in [0.1, 0.15) is 0 Å². The van der Waals surface area contributed by atoms with Crippen molar-refractivity contribution in [3.63, 3.8) is 0 Å². The van der Waals surface area contributed by atoms with Crippen LogP contribution in [0, 0.1) is 0 Å². The van der Waals surface area contributed by atoms with Crippen molar-refractivity contribution in [2.24, 2.45) is 0 Å². The van der Waals surface area contributed by atoms with E-state index in [1.54, 1.807) is 0 Å². The van der Waals surface area contributed by atoms with Crippen molar-refractivity contribution in [3.05, 3.63) is 267 Å². The molecule has 0 bridgehead atoms. The van der Waals surface area contributed by atoms with Crippen LogP contribution in [-0.4, -0.2) is 4.57 Å². The lowest BCUT2D eigenvalue weighted by Crippen LogP contribution is -2.11. The van der Waals surface area contributed by atoms with E-state index in [-0.39, 0.29) is 0 Å². The molecule has 66 heavy (non-hydrogen) atoms. The minimum atomic E-state index is 1.08. The molecule has 1 heterocycles. The molecule has 0 saturated heterocycles. The Labute approximate surface area is 385 Å². The molecule has 0 radical (unpaired) electrons. The first-order chi connectivity index (χ1) is 32.8. The molecule has 0 aliphatic heterocycles. The fraction of sp³-hybridized carbons (Fsp3) is 0. The Morgan fingerprint density at radius 3 is 1.39 bits per heavy atom. The van der Waals surface area contributed by atoms with Crippen LogP contribution >= 0.6 is 0 Å². The molecular weight excluding hydrogens is 797 g/mol. The molecule has 0 amide bonds. The maximum atomic E-state index is 2.41. The lowest BCUT2D eigenvalue weighted by Gasteiger charge is -2.29. The Morgan fingerprint density at radius 1 is 0.258 bits per heavy atom. The number of aromatic nitrogens is 1. The molecule has 0 aliphatic rings. The Hall–Kier alpha value is -8.72. The van der Waals surface area contributed by atoms with Crippen LogP contribution in [0.4, 0.5) is 17.1 Å². The Morgan fingerprint density at radius 2 is 0.697 bits per heavy atom. The molecule has 1 aromatic heterocycles. The second-order valence-electron chi connectivity index (χ2n) is 16.8. The number of hydrogen-bond acceptors (Lipinski definition) is 1. The summed E-state index contributed by atoms with van der Waals surface area (Å²) in [6.45, 7) is 0. The molecule has 0 spiro atoms. The molecule has 0 unspecified atom stereocenters. The van der Waals surface area contributed by atoms with Gasteiger partial charge < -0.3 is 9.47 Å². The monoisotopic (exact) mass is 840 g/mol. The SMILES string of the molecule is c1ccc(-c2ccc(N(c3ccc(-c4ccc(-c5cccc6ccccc56)cc4)cc3)c3ccccc3-c3ccccc3-c3cccc4c3c3ccccc3n4-c3ccccc3)cc2)cc1. The van der Waals surface area contributed by atoms with Gasteiger partial charge in [0.15, 0.2) is 0 Å². The maximum absolute atomic E-state index is 2.41. The highest BCUT2D eigenvalue weighted by molar-refractivity contribution is 6.17. The van der Waals surface area contributed by atoms with Crippen LogP contribution in [0.15, 0.2) is 267 Å². The molecule has 12 rings (SSSR count). The number of rotatable bonds is 9. The van der Waals surface area contributed by atoms with Crippen LogP contribution in [0.2, 0.25) is 0 Å². The van der Waals surface area contributed by atoms with E-state index in [9.17, 15) is 0 Å². The van der Waals surface area contributed by atoms with E-state index in [0.29, 0.717) is 0 Å². The van der Waals surface area contributed by atoms with E-state index in [2.05, 4.69) is 276 Å². The first-order valence-corrected chi connectivity index (χ1v) is 22.7. The average molecular weight is 841 g/mol. The highest BCUT2D eigenvalue weighted by atomic mass is 15.1. The van der Waals surface area contributed by atoms with Gasteiger partial charge in [0, 0.05) is 33.4 Å². The van der Waals surface area contributed by atoms with Crippen LogP contribution < -0.4 is 4.90 Å². The number of hydrogen-bond donors (Lipinski definition) is 0. The summed E-state index contributed by atoms with van der Waals surface area (Å²) in [5.41, 5.74) is 18.7. The van der Waals surface area contributed by atoms with Gasteiger partial charge in [0.05, 0.1) is 16.7 Å². The number of benzene rings is 11. The van der Waals surface area contributed by atoms with Gasteiger partial charge in [0.2, 0.25) is 0 Å². The van der Waals surface area contributed by atoms with Crippen LogP contribution in [0.3, 0.4) is 0 Å². The van der Waals surface area contributed by atoms with E-state index in [4.69, 9.17) is 0 Å². The van der Waals surface area contributed by atoms with Gasteiger partial charge in [-0.2, -0.15) is 0 Å². The van der Waals surface area contributed by atoms with Crippen LogP contribution in [-0.2, 0) is 0 Å². The summed E-state index contributed by atoms with van der Waals surface area (Å²) in [7, 11) is 0. The summed E-state index contributed by atoms with van der Waals surface area (Å²) >= 11 is 0. The summed E-state index contributed by atoms with van der Waals surface area (Å²) < 4.78 is 2.40. The Bertz CT molecular complexity index is 3660. The standard InChI is InChI=1S/C64H44N2/c1-3-17-45(18-4-1)47-37-41-52(42-38-47)65(53-43-39-48(40-44-53)46-33-35-50(36-34-46)55-28-15-20-49-19-7-8-23-54(49)55)61-30-13-11-26-58(61)56-24-9-10-25-57(56)59-29-16-32-63-64(59)60-27-12-14-31-62(60)66(63)51-21-5-2-6-22-51/h1-44H. The molecule has 0 saturated carbocycles. The largest absolute Gasteiger partial charge is 0.310 e. The molecule has 2 nitrogen and oxygen atoms in total. The van der Waals surface area contributed by atoms with E-state index in [0.717, 1.165) is 28.3 Å². The zero-order chi connectivity index (χ0) is 43.8. The molecule has 310 valence electrons. The van der Waals surface area contributed by atoms with Gasteiger partial charge in [0.25, 0.3) is 0 Å². The normalized spacial score (nSPS) is 11.3. The molecular formula is C64H44N2. The topological polar surface area (TPSA) is 8.17 Å². The van der Waals surface area contributed by atoms with E-state index >= 15 is 0 Å². The smallest absolute Gasteiger partial charge is 0.0547 e. The molecule has 0 fully saturated rings. The lowest BCUT2D eigenvalue weighted by atomic mass is 9.90. The summed E-state index contributed by atoms with van der Waals surface area (Å²) in [4.78, 5) is 2.41. The minimum absolute atomic E-state index is 1.08. The average Bonchev–Trinajstić information content (AvgIpc) is 3.74. The highest BCUT2D eigenvalue weighted by Crippen LogP contribution is 2.47. The zero-order valence-corrected chi connectivity index (χ0v) is 36.3. The molecule has 12 aromatic rings. The van der Waals surface area contributed by atoms with Crippen LogP contribution in [0.25, 0.3) is 93.9 Å². The molecule has 11 aromatic carbocycles. The summed E-state index contributed by atoms with van der Waals surface area (Å²) in [5, 5.41) is 5.00. The van der Waals surface area contributed by atoms with Gasteiger partial charge >= 0.3 is 0 Å². The fourth-order valence-electron chi connectivity index (χ4n) is 9.93. The third-order valence-electron chi connectivity index (χ3n) is 13.0. The lowest BCUT2D eigenvalue weighted by molar-refractivity contribution is 1.18. The van der Waals surface area contributed by atoms with Gasteiger partial charge in [-0.3, -0.25) is 0 Å². The van der Waals surface area contributed by atoms with Gasteiger partial charge in [-0.05, 0) is 115 Å². The predicted molar refractivity (Wildman–Crippen MR) is 280 cm³/mol. The first-order valence-electron chi connectivity index (χ1n) is 22.7. The van der Waals surface area contributed by atoms with Crippen molar-refractivity contribution >= 4 is 49.6 Å². The molecule has 0 N–H and O–H groups in total. The van der Waals surface area contributed by atoms with Crippen molar-refractivity contribution < 1.29 is 0 Å². The second-order valence-corrected chi connectivity index (χ2v) is 16.8. The zero-order valence-electron chi connectivity index (χ0n) is 36.3. The van der Waals surface area contributed by atoms with Crippen molar-refractivity contribution in [1.29, 1.82) is 0 Å². The van der Waals surface area contributed by atoms with Gasteiger partial charge in [-0.25, -0.2) is 0 Å². The van der Waals surface area contributed by atoms with Crippen LogP contribution in [0.5, 0.6) is 0 Å². The van der Waals surface area contributed by atoms with Crippen molar-refractivity contribution in [2.45, 2.75) is 0 Å². The number of anilines is 3. The third-order valence-corrected chi connectivity index (χ3v) is 13.0. The molecule has 2 heteroatoms. The number of fused-ring (bicyclic) bond motifs is 4. The summed E-state index contributed by atoms with van der Waals surface area (Å²) in [5.74, 6) is 0. The Kier molecular flexibility index (Phi) is 9.89. The fourth-order valence-corrected chi connectivity index (χ4v) is 9.93. The van der Waals surface area contributed by atoms with E-state index < -0.39 is 0 Å². The summed E-state index contributed by atoms with van der Waals surface area (Å²) in [6, 6.07) is 96.8. The van der Waals surface area contributed by atoms with Gasteiger partial charge in [0.1, 0.15) is 0 Å². The highest BCUT2D eigenvalue weighted by Gasteiger charge is 2.22. The van der Waals surface area contributed by atoms with E-state index in [1.807, 2.05) is 0 Å². The molecule has 0 atom stereocenters. The Balaban J connectivity index is 0.980. The maximum Gasteiger partial charge on any atom is 0.0547 e. The number of para-hydroxylation sites is 3. The molecule has 0 aliphatic carbocycles. The quantitative estimate of drug-likeness (QED) is 0.141. The van der Waals surface area contributed by atoms with Crippen molar-refractivity contribution in [2.75, 3.05) is 4.90 Å². The third kappa shape index (κ3) is 6.93. The van der Waals surface area contributed by atoms with Gasteiger partial charge in [-0.1, -0.05) is 212 Å². The second kappa shape index (κ2) is 16.8. The predicted octanol–water partition coefficient (Wildman–Crippen LogP) is 17.7. The van der Waals surface area contributed by atoms with Crippen molar-refractivity contribution in [1.82, 2.24) is 4.57 Å². The summed E-state index contributed by atoms with van der Waals surface area (Å²) in [6.07, 6.45) is 0. The minimum Gasteiger partial charge on any atom is -0.310 e. The van der Waals surface area contributed by atoms with Crippen molar-refractivity contribution in [3.8, 4) is 61.3 Å². The number of nitrogens with zero attached hydrogens (tertiary/aromatic N) is 2. The van der Waals surface area contributed by atoms with E-state index in [1.165, 1.54) is 82.6 Å². The van der Waals surface area contributed by atoms with Gasteiger partial charge in [-0.15, -0.1) is 0 Å².